The van der Waals surface area contributed by atoms with Gasteiger partial charge in [-0.1, -0.05) is 60.3 Å². The molecule has 23 heavy (non-hydrogen) atoms. The second kappa shape index (κ2) is 26.8. The molecule has 0 aromatic carbocycles. The Balaban J connectivity index is -0.000000262. The van der Waals surface area contributed by atoms with E-state index in [1.54, 1.807) is 21.3 Å². The summed E-state index contributed by atoms with van der Waals surface area (Å²) >= 11 is 0. The summed E-state index contributed by atoms with van der Waals surface area (Å²) in [5.41, 5.74) is 0. The zero-order chi connectivity index (χ0) is 18.3. The molecule has 0 heterocycles. The lowest BCUT2D eigenvalue weighted by molar-refractivity contribution is 0.155. The van der Waals surface area contributed by atoms with Crippen LogP contribution in [0.4, 0.5) is 0 Å². The van der Waals surface area contributed by atoms with Gasteiger partial charge in [0.25, 0.3) is 0 Å². The third kappa shape index (κ3) is 34.3. The first-order chi connectivity index (χ1) is 11.0. The number of methoxy groups -OCH3 is 3. The van der Waals surface area contributed by atoms with Gasteiger partial charge in [0.15, 0.2) is 0 Å². The fraction of sp³-hybridized carbons (Fsp3) is 1.00. The number of unbranched alkanes of at least 4 members (excludes halogenated alkanes) is 2. The van der Waals surface area contributed by atoms with E-state index in [0.717, 1.165) is 31.7 Å². The van der Waals surface area contributed by atoms with Gasteiger partial charge in [0.2, 0.25) is 0 Å². The molecule has 0 aliphatic rings. The summed E-state index contributed by atoms with van der Waals surface area (Å²) in [5, 5.41) is 0. The third-order valence-electron chi connectivity index (χ3n) is 3.70. The van der Waals surface area contributed by atoms with Crippen molar-refractivity contribution < 1.29 is 14.2 Å². The Hall–Kier alpha value is -0.120. The first-order valence-corrected chi connectivity index (χ1v) is 9.50. The topological polar surface area (TPSA) is 27.7 Å². The Morgan fingerprint density at radius 1 is 0.652 bits per heavy atom. The van der Waals surface area contributed by atoms with E-state index in [1.165, 1.54) is 44.9 Å². The number of rotatable bonds is 12. The first-order valence-electron chi connectivity index (χ1n) is 9.50. The quantitative estimate of drug-likeness (QED) is 0.412. The maximum Gasteiger partial charge on any atom is 0.0487 e. The highest BCUT2D eigenvalue weighted by Gasteiger charge is 1.96. The second-order valence-electron chi connectivity index (χ2n) is 6.34. The predicted molar refractivity (Wildman–Crippen MR) is 103 cm³/mol. The van der Waals surface area contributed by atoms with E-state index in [0.29, 0.717) is 0 Å². The van der Waals surface area contributed by atoms with Crippen molar-refractivity contribution in [2.45, 2.75) is 79.6 Å². The number of hydrogen-bond donors (Lipinski definition) is 0. The standard InChI is InChI=1S/2C7H16O.C6H14O/c1-4-7(2)5-6-8-3;1-4-5-7(2)6-8-3;1-3-4-5-6-7-2/h2*7H,4-6H2,1-3H3;3-6H2,1-2H3. The summed E-state index contributed by atoms with van der Waals surface area (Å²) in [5.74, 6) is 1.57. The number of hydrogen-bond acceptors (Lipinski definition) is 3. The summed E-state index contributed by atoms with van der Waals surface area (Å²) in [6.45, 7) is 13.8. The van der Waals surface area contributed by atoms with E-state index in [1.807, 2.05) is 0 Å². The van der Waals surface area contributed by atoms with Gasteiger partial charge < -0.3 is 14.2 Å². The highest BCUT2D eigenvalue weighted by molar-refractivity contribution is 4.47. The highest BCUT2D eigenvalue weighted by Crippen LogP contribution is 2.05. The Bertz CT molecular complexity index is 164. The molecule has 3 heteroatoms. The van der Waals surface area contributed by atoms with Crippen LogP contribution in [0.3, 0.4) is 0 Å². The maximum absolute atomic E-state index is 4.96. The Kier molecular flexibility index (Phi) is 32.2. The zero-order valence-electron chi connectivity index (χ0n) is 17.5. The van der Waals surface area contributed by atoms with Crippen LogP contribution in [-0.4, -0.2) is 41.2 Å². The minimum absolute atomic E-state index is 0.741. The van der Waals surface area contributed by atoms with Crippen molar-refractivity contribution in [3.05, 3.63) is 0 Å². The summed E-state index contributed by atoms with van der Waals surface area (Å²) in [6, 6.07) is 0. The van der Waals surface area contributed by atoms with Crippen LogP contribution in [0.2, 0.25) is 0 Å². The predicted octanol–water partition coefficient (Wildman–Crippen LogP) is 5.96. The maximum atomic E-state index is 4.96. The molecule has 0 saturated heterocycles. The van der Waals surface area contributed by atoms with Crippen molar-refractivity contribution in [3.63, 3.8) is 0 Å². The van der Waals surface area contributed by atoms with Gasteiger partial charge in [0, 0.05) is 41.2 Å². The van der Waals surface area contributed by atoms with E-state index in [4.69, 9.17) is 14.2 Å². The largest absolute Gasteiger partial charge is 0.385 e. The van der Waals surface area contributed by atoms with Crippen LogP contribution in [0.25, 0.3) is 0 Å². The number of ether oxygens (including phenoxy) is 3. The summed E-state index contributed by atoms with van der Waals surface area (Å²) in [7, 11) is 5.25. The molecule has 0 fully saturated rings. The van der Waals surface area contributed by atoms with Crippen molar-refractivity contribution in [3.8, 4) is 0 Å². The van der Waals surface area contributed by atoms with Gasteiger partial charge in [-0.25, -0.2) is 0 Å². The van der Waals surface area contributed by atoms with Crippen molar-refractivity contribution in [1.82, 2.24) is 0 Å². The molecule has 2 unspecified atom stereocenters. The van der Waals surface area contributed by atoms with Crippen LogP contribution in [0.1, 0.15) is 79.6 Å². The molecule has 3 nitrogen and oxygen atoms in total. The monoisotopic (exact) mass is 334 g/mol. The van der Waals surface area contributed by atoms with Crippen LogP contribution in [0, 0.1) is 11.8 Å². The van der Waals surface area contributed by atoms with Crippen molar-refractivity contribution in [1.29, 1.82) is 0 Å². The molecule has 144 valence electrons. The molecule has 0 spiro atoms. The van der Waals surface area contributed by atoms with E-state index in [9.17, 15) is 0 Å². The van der Waals surface area contributed by atoms with Gasteiger partial charge in [-0.15, -0.1) is 0 Å². The van der Waals surface area contributed by atoms with Gasteiger partial charge in [0.1, 0.15) is 0 Å². The zero-order valence-corrected chi connectivity index (χ0v) is 17.5. The molecule has 0 rings (SSSR count). The average Bonchev–Trinajstić information content (AvgIpc) is 2.55. The van der Waals surface area contributed by atoms with Gasteiger partial charge in [-0.3, -0.25) is 0 Å². The molecule has 0 saturated carbocycles. The SMILES string of the molecule is CCC(C)CCOC.CCCC(C)COC.CCCCCOC. The van der Waals surface area contributed by atoms with Gasteiger partial charge in [-0.2, -0.15) is 0 Å². The van der Waals surface area contributed by atoms with Crippen molar-refractivity contribution >= 4 is 0 Å². The molecule has 0 aromatic heterocycles. The molecule has 0 aliphatic heterocycles. The lowest BCUT2D eigenvalue weighted by Gasteiger charge is -2.06. The highest BCUT2D eigenvalue weighted by atomic mass is 16.5. The summed E-state index contributed by atoms with van der Waals surface area (Å²) < 4.78 is 14.7. The molecular formula is C20H46O3. The summed E-state index contributed by atoms with van der Waals surface area (Å²) in [6.07, 6.45) is 8.82. The van der Waals surface area contributed by atoms with Crippen LogP contribution >= 0.6 is 0 Å². The van der Waals surface area contributed by atoms with Crippen molar-refractivity contribution in [2.24, 2.45) is 11.8 Å². The van der Waals surface area contributed by atoms with E-state index in [-0.39, 0.29) is 0 Å². The molecule has 0 aromatic rings. The second-order valence-corrected chi connectivity index (χ2v) is 6.34. The Labute approximate surface area is 147 Å². The average molecular weight is 335 g/mol. The normalized spacial score (nSPS) is 12.5. The smallest absolute Gasteiger partial charge is 0.0487 e. The van der Waals surface area contributed by atoms with Gasteiger partial charge >= 0.3 is 0 Å². The third-order valence-corrected chi connectivity index (χ3v) is 3.70. The Morgan fingerprint density at radius 3 is 1.65 bits per heavy atom. The molecule has 0 N–H and O–H groups in total. The Morgan fingerprint density at radius 2 is 1.26 bits per heavy atom. The first kappa shape index (κ1) is 27.7. The van der Waals surface area contributed by atoms with Crippen LogP contribution in [0.5, 0.6) is 0 Å². The molecule has 2 atom stereocenters. The van der Waals surface area contributed by atoms with Crippen LogP contribution in [-0.2, 0) is 14.2 Å². The molecule has 0 aliphatic carbocycles. The molecule has 0 amide bonds. The van der Waals surface area contributed by atoms with Gasteiger partial charge in [0.05, 0.1) is 0 Å². The van der Waals surface area contributed by atoms with E-state index < -0.39 is 0 Å². The fourth-order valence-electron chi connectivity index (χ4n) is 1.88. The van der Waals surface area contributed by atoms with Crippen LogP contribution < -0.4 is 0 Å². The van der Waals surface area contributed by atoms with Crippen LogP contribution in [0.15, 0.2) is 0 Å². The van der Waals surface area contributed by atoms with E-state index in [2.05, 4.69) is 34.6 Å². The molecular weight excluding hydrogens is 288 g/mol. The van der Waals surface area contributed by atoms with Gasteiger partial charge in [-0.05, 0) is 31.1 Å². The van der Waals surface area contributed by atoms with E-state index >= 15 is 0 Å². The van der Waals surface area contributed by atoms with Crippen molar-refractivity contribution in [2.75, 3.05) is 41.2 Å². The summed E-state index contributed by atoms with van der Waals surface area (Å²) in [4.78, 5) is 0. The molecule has 0 radical (unpaired) electrons. The minimum atomic E-state index is 0.741. The lowest BCUT2D eigenvalue weighted by atomic mass is 10.1. The minimum Gasteiger partial charge on any atom is -0.385 e. The molecule has 0 bridgehead atoms. The lowest BCUT2D eigenvalue weighted by Crippen LogP contribution is -2.01. The fourth-order valence-corrected chi connectivity index (χ4v) is 1.88.